The fourth-order valence-corrected chi connectivity index (χ4v) is 1.92. The van der Waals surface area contributed by atoms with Crippen molar-refractivity contribution in [2.24, 2.45) is 0 Å². The highest BCUT2D eigenvalue weighted by Gasteiger charge is 2.14. The summed E-state index contributed by atoms with van der Waals surface area (Å²) in [6.45, 7) is 0. The number of ketones is 1. The first kappa shape index (κ1) is 13.5. The van der Waals surface area contributed by atoms with Crippen LogP contribution in [0.5, 0.6) is 0 Å². The first-order chi connectivity index (χ1) is 8.97. The van der Waals surface area contributed by atoms with Crippen molar-refractivity contribution in [1.29, 1.82) is 0 Å². The molecule has 0 saturated carbocycles. The maximum atomic E-state index is 13.4. The van der Waals surface area contributed by atoms with E-state index in [4.69, 9.17) is 17.3 Å². The van der Waals surface area contributed by atoms with E-state index in [2.05, 4.69) is 0 Å². The molecule has 19 heavy (non-hydrogen) atoms. The number of Topliss-reactive ketones (excluding diaryl/α,β-unsaturated/α-hetero) is 1. The molecule has 2 nitrogen and oxygen atoms in total. The summed E-state index contributed by atoms with van der Waals surface area (Å²) in [7, 11) is 0. The Morgan fingerprint density at radius 2 is 1.89 bits per heavy atom. The van der Waals surface area contributed by atoms with Crippen LogP contribution in [0.25, 0.3) is 0 Å². The van der Waals surface area contributed by atoms with Crippen molar-refractivity contribution in [2.75, 3.05) is 5.73 Å². The Bertz CT molecular complexity index is 643. The maximum Gasteiger partial charge on any atom is 0.169 e. The van der Waals surface area contributed by atoms with E-state index in [0.717, 1.165) is 18.2 Å². The molecule has 0 aliphatic carbocycles. The van der Waals surface area contributed by atoms with Crippen LogP contribution in [0, 0.1) is 11.6 Å². The van der Waals surface area contributed by atoms with Gasteiger partial charge in [0, 0.05) is 22.7 Å². The molecule has 0 radical (unpaired) electrons. The molecule has 0 spiro atoms. The number of carbonyl (C=O) groups excluding carboxylic acids is 1. The molecule has 0 aliphatic heterocycles. The first-order valence-corrected chi connectivity index (χ1v) is 5.87. The summed E-state index contributed by atoms with van der Waals surface area (Å²) < 4.78 is 26.5. The quantitative estimate of drug-likeness (QED) is 0.690. The lowest BCUT2D eigenvalue weighted by atomic mass is 10.0. The van der Waals surface area contributed by atoms with E-state index in [1.165, 1.54) is 18.2 Å². The van der Waals surface area contributed by atoms with Crippen molar-refractivity contribution in [3.63, 3.8) is 0 Å². The average Bonchev–Trinajstić information content (AvgIpc) is 2.33. The van der Waals surface area contributed by atoms with Crippen molar-refractivity contribution in [3.05, 3.63) is 64.2 Å². The molecule has 98 valence electrons. The van der Waals surface area contributed by atoms with Gasteiger partial charge in [-0.25, -0.2) is 8.78 Å². The lowest BCUT2D eigenvalue weighted by Crippen LogP contribution is -2.08. The number of benzene rings is 2. The largest absolute Gasteiger partial charge is 0.398 e. The van der Waals surface area contributed by atoms with Crippen LogP contribution in [-0.2, 0) is 6.42 Å². The highest BCUT2D eigenvalue weighted by Crippen LogP contribution is 2.20. The highest BCUT2D eigenvalue weighted by atomic mass is 35.5. The summed E-state index contributed by atoms with van der Waals surface area (Å²) in [6.07, 6.45) is -0.255. The first-order valence-electron chi connectivity index (χ1n) is 5.49. The second-order valence-corrected chi connectivity index (χ2v) is 4.50. The Morgan fingerprint density at radius 3 is 2.58 bits per heavy atom. The number of nitrogen functional groups attached to an aromatic ring is 1. The van der Waals surface area contributed by atoms with Gasteiger partial charge in [-0.1, -0.05) is 11.6 Å². The molecule has 2 aromatic rings. The molecule has 0 fully saturated rings. The average molecular weight is 282 g/mol. The van der Waals surface area contributed by atoms with Gasteiger partial charge in [0.25, 0.3) is 0 Å². The fraction of sp³-hybridized carbons (Fsp3) is 0.0714. The van der Waals surface area contributed by atoms with E-state index in [-0.39, 0.29) is 23.2 Å². The van der Waals surface area contributed by atoms with Crippen LogP contribution in [0.1, 0.15) is 15.9 Å². The molecular formula is C14H10ClF2NO. The number of nitrogens with two attached hydrogens (primary N) is 1. The van der Waals surface area contributed by atoms with E-state index in [1.807, 2.05) is 0 Å². The van der Waals surface area contributed by atoms with Gasteiger partial charge in [0.1, 0.15) is 11.6 Å². The lowest BCUT2D eigenvalue weighted by Gasteiger charge is -2.06. The third kappa shape index (κ3) is 3.09. The van der Waals surface area contributed by atoms with Crippen LogP contribution in [0.15, 0.2) is 36.4 Å². The Hall–Kier alpha value is -1.94. The summed E-state index contributed by atoms with van der Waals surface area (Å²) in [4.78, 5) is 12.0. The summed E-state index contributed by atoms with van der Waals surface area (Å²) in [5.74, 6) is -1.60. The summed E-state index contributed by atoms with van der Waals surface area (Å²) in [5, 5.41) is 0.408. The van der Waals surface area contributed by atoms with Gasteiger partial charge in [0.05, 0.1) is 0 Å². The predicted molar refractivity (Wildman–Crippen MR) is 70.3 cm³/mol. The van der Waals surface area contributed by atoms with Crippen molar-refractivity contribution in [2.45, 2.75) is 6.42 Å². The third-order valence-corrected chi connectivity index (χ3v) is 2.91. The van der Waals surface area contributed by atoms with Gasteiger partial charge < -0.3 is 5.73 Å². The van der Waals surface area contributed by atoms with Gasteiger partial charge in [-0.3, -0.25) is 4.79 Å². The highest BCUT2D eigenvalue weighted by molar-refractivity contribution is 6.31. The SMILES string of the molecule is Nc1cc(Cl)ccc1C(=O)Cc1cc(F)ccc1F. The van der Waals surface area contributed by atoms with Crippen LogP contribution in [0.2, 0.25) is 5.02 Å². The zero-order valence-corrected chi connectivity index (χ0v) is 10.5. The van der Waals surface area contributed by atoms with E-state index >= 15 is 0 Å². The van der Waals surface area contributed by atoms with Gasteiger partial charge in [-0.2, -0.15) is 0 Å². The molecule has 0 amide bonds. The van der Waals surface area contributed by atoms with Crippen molar-refractivity contribution in [3.8, 4) is 0 Å². The van der Waals surface area contributed by atoms with Crippen LogP contribution >= 0.6 is 11.6 Å². The number of halogens is 3. The molecular weight excluding hydrogens is 272 g/mol. The number of rotatable bonds is 3. The lowest BCUT2D eigenvalue weighted by molar-refractivity contribution is 0.0992. The number of hydrogen-bond acceptors (Lipinski definition) is 2. The second-order valence-electron chi connectivity index (χ2n) is 4.07. The molecule has 2 aromatic carbocycles. The van der Waals surface area contributed by atoms with Crippen LogP contribution < -0.4 is 5.73 Å². The van der Waals surface area contributed by atoms with Crippen LogP contribution in [-0.4, -0.2) is 5.78 Å². The molecule has 0 bridgehead atoms. The molecule has 0 unspecified atom stereocenters. The smallest absolute Gasteiger partial charge is 0.169 e. The summed E-state index contributed by atoms with van der Waals surface area (Å²) >= 11 is 5.73. The molecule has 2 N–H and O–H groups in total. The monoisotopic (exact) mass is 281 g/mol. The molecule has 5 heteroatoms. The van der Waals surface area contributed by atoms with E-state index < -0.39 is 17.4 Å². The maximum absolute atomic E-state index is 13.4. The molecule has 0 aromatic heterocycles. The molecule has 0 saturated heterocycles. The zero-order valence-electron chi connectivity index (χ0n) is 9.79. The molecule has 0 aliphatic rings. The third-order valence-electron chi connectivity index (χ3n) is 2.67. The molecule has 2 rings (SSSR count). The molecule has 0 heterocycles. The van der Waals surface area contributed by atoms with E-state index in [0.29, 0.717) is 5.02 Å². The van der Waals surface area contributed by atoms with Crippen molar-refractivity contribution >= 4 is 23.1 Å². The van der Waals surface area contributed by atoms with Crippen molar-refractivity contribution in [1.82, 2.24) is 0 Å². The topological polar surface area (TPSA) is 43.1 Å². The summed E-state index contributed by atoms with van der Waals surface area (Å²) in [5.41, 5.74) is 6.13. The Balaban J connectivity index is 2.28. The Kier molecular flexibility index (Phi) is 3.81. The summed E-state index contributed by atoms with van der Waals surface area (Å²) in [6, 6.07) is 7.42. The fourth-order valence-electron chi connectivity index (χ4n) is 1.73. The normalized spacial score (nSPS) is 10.5. The van der Waals surface area contributed by atoms with Gasteiger partial charge in [0.2, 0.25) is 0 Å². The Labute approximate surface area is 113 Å². The standard InChI is InChI=1S/C14H10ClF2NO/c15-9-1-3-11(13(18)7-9)14(19)6-8-5-10(16)2-4-12(8)17/h1-5,7H,6,18H2. The second kappa shape index (κ2) is 5.36. The minimum absolute atomic E-state index is 0.000602. The number of carbonyl (C=O) groups is 1. The number of anilines is 1. The predicted octanol–water partition coefficient (Wildman–Crippen LogP) is 3.63. The van der Waals surface area contributed by atoms with Gasteiger partial charge in [-0.15, -0.1) is 0 Å². The van der Waals surface area contributed by atoms with Crippen LogP contribution in [0.3, 0.4) is 0 Å². The molecule has 0 atom stereocenters. The minimum Gasteiger partial charge on any atom is -0.398 e. The van der Waals surface area contributed by atoms with Gasteiger partial charge >= 0.3 is 0 Å². The van der Waals surface area contributed by atoms with E-state index in [1.54, 1.807) is 0 Å². The van der Waals surface area contributed by atoms with Gasteiger partial charge in [0.15, 0.2) is 5.78 Å². The number of hydrogen-bond donors (Lipinski definition) is 1. The zero-order chi connectivity index (χ0) is 14.0. The minimum atomic E-state index is -0.623. The van der Waals surface area contributed by atoms with Crippen molar-refractivity contribution < 1.29 is 13.6 Å². The van der Waals surface area contributed by atoms with E-state index in [9.17, 15) is 13.6 Å². The van der Waals surface area contributed by atoms with Crippen LogP contribution in [0.4, 0.5) is 14.5 Å². The Morgan fingerprint density at radius 1 is 1.16 bits per heavy atom. The van der Waals surface area contributed by atoms with Gasteiger partial charge in [-0.05, 0) is 42.0 Å².